The van der Waals surface area contributed by atoms with Crippen molar-refractivity contribution in [2.75, 3.05) is 0 Å². The van der Waals surface area contributed by atoms with E-state index in [1.807, 2.05) is 6.92 Å². The summed E-state index contributed by atoms with van der Waals surface area (Å²) >= 11 is 0. The maximum absolute atomic E-state index is 10.4. The molecule has 0 spiro atoms. The third-order valence-electron chi connectivity index (χ3n) is 1.63. The lowest BCUT2D eigenvalue weighted by atomic mass is 10.3. The maximum atomic E-state index is 10.4. The zero-order chi connectivity index (χ0) is 9.84. The van der Waals surface area contributed by atoms with Crippen molar-refractivity contribution in [2.45, 2.75) is 26.0 Å². The van der Waals surface area contributed by atoms with Crippen LogP contribution < -0.4 is 0 Å². The summed E-state index contributed by atoms with van der Waals surface area (Å²) in [5, 5.41) is 24.7. The Balaban J connectivity index is 2.64. The van der Waals surface area contributed by atoms with E-state index in [1.54, 1.807) is 0 Å². The third-order valence-corrected chi connectivity index (χ3v) is 1.63. The molecule has 13 heavy (non-hydrogen) atoms. The molecule has 0 unspecified atom stereocenters. The second-order valence-corrected chi connectivity index (χ2v) is 2.69. The number of hydrogen-bond acceptors (Lipinski definition) is 4. The van der Waals surface area contributed by atoms with E-state index in [1.165, 1.54) is 10.9 Å². The molecule has 0 bridgehead atoms. The van der Waals surface area contributed by atoms with Gasteiger partial charge in [-0.3, -0.25) is 0 Å². The fraction of sp³-hybridized carbons (Fsp3) is 0.571. The van der Waals surface area contributed by atoms with Crippen molar-refractivity contribution in [3.63, 3.8) is 0 Å². The van der Waals surface area contributed by atoms with Crippen LogP contribution in [-0.4, -0.2) is 37.3 Å². The predicted molar refractivity (Wildman–Crippen MR) is 43.3 cm³/mol. The average Bonchev–Trinajstić information content (AvgIpc) is 2.52. The van der Waals surface area contributed by atoms with Gasteiger partial charge in [0.25, 0.3) is 0 Å². The van der Waals surface area contributed by atoms with Crippen molar-refractivity contribution in [1.29, 1.82) is 0 Å². The van der Waals surface area contributed by atoms with Gasteiger partial charge in [-0.15, -0.1) is 5.10 Å². The van der Waals surface area contributed by atoms with E-state index in [0.717, 1.165) is 0 Å². The average molecular weight is 185 g/mol. The van der Waals surface area contributed by atoms with E-state index >= 15 is 0 Å². The van der Waals surface area contributed by atoms with Gasteiger partial charge >= 0.3 is 5.97 Å². The first-order valence-electron chi connectivity index (χ1n) is 3.95. The van der Waals surface area contributed by atoms with Gasteiger partial charge in [0.05, 0.1) is 18.8 Å². The van der Waals surface area contributed by atoms with E-state index in [4.69, 9.17) is 5.11 Å². The Morgan fingerprint density at radius 3 is 2.92 bits per heavy atom. The van der Waals surface area contributed by atoms with Crippen LogP contribution in [0.3, 0.4) is 0 Å². The van der Waals surface area contributed by atoms with Crippen molar-refractivity contribution in [1.82, 2.24) is 15.0 Å². The zero-order valence-electron chi connectivity index (χ0n) is 7.21. The molecule has 6 heteroatoms. The Morgan fingerprint density at radius 2 is 2.46 bits per heavy atom. The van der Waals surface area contributed by atoms with Crippen LogP contribution in [0.25, 0.3) is 0 Å². The Morgan fingerprint density at radius 1 is 1.77 bits per heavy atom. The van der Waals surface area contributed by atoms with Crippen molar-refractivity contribution in [2.24, 2.45) is 0 Å². The van der Waals surface area contributed by atoms with Gasteiger partial charge in [0.2, 0.25) is 0 Å². The van der Waals surface area contributed by atoms with Gasteiger partial charge in [-0.2, -0.15) is 0 Å². The van der Waals surface area contributed by atoms with Crippen LogP contribution in [0, 0.1) is 0 Å². The highest BCUT2D eigenvalue weighted by atomic mass is 16.4. The third kappa shape index (κ3) is 2.51. The molecule has 1 atom stereocenters. The standard InChI is InChI=1S/C7H11N3O3/c1-2-5(11)3-10-4-6(7(12)13)8-9-10/h4-5,11H,2-3H2,1H3,(H,12,13)/t5-/m0/s1. The van der Waals surface area contributed by atoms with Gasteiger partial charge in [-0.25, -0.2) is 9.48 Å². The largest absolute Gasteiger partial charge is 0.476 e. The normalized spacial score (nSPS) is 12.8. The molecule has 1 heterocycles. The van der Waals surface area contributed by atoms with E-state index in [9.17, 15) is 9.90 Å². The van der Waals surface area contributed by atoms with Crippen LogP contribution in [0.15, 0.2) is 6.20 Å². The number of hydrogen-bond donors (Lipinski definition) is 2. The minimum atomic E-state index is -1.11. The fourth-order valence-electron chi connectivity index (χ4n) is 0.831. The fourth-order valence-corrected chi connectivity index (χ4v) is 0.831. The van der Waals surface area contributed by atoms with Crippen molar-refractivity contribution >= 4 is 5.97 Å². The molecule has 0 fully saturated rings. The number of nitrogens with zero attached hydrogens (tertiary/aromatic N) is 3. The highest BCUT2D eigenvalue weighted by molar-refractivity contribution is 5.84. The minimum Gasteiger partial charge on any atom is -0.476 e. The highest BCUT2D eigenvalue weighted by Gasteiger charge is 2.09. The number of carboxylic acid groups (broad SMARTS) is 1. The molecule has 0 saturated heterocycles. The summed E-state index contributed by atoms with van der Waals surface area (Å²) in [5.74, 6) is -1.11. The lowest BCUT2D eigenvalue weighted by Gasteiger charge is -2.05. The van der Waals surface area contributed by atoms with Crippen molar-refractivity contribution in [3.05, 3.63) is 11.9 Å². The number of carbonyl (C=O) groups is 1. The molecular weight excluding hydrogens is 174 g/mol. The Bertz CT molecular complexity index is 297. The van der Waals surface area contributed by atoms with E-state index in [-0.39, 0.29) is 12.2 Å². The van der Waals surface area contributed by atoms with Gasteiger partial charge in [-0.1, -0.05) is 12.1 Å². The summed E-state index contributed by atoms with van der Waals surface area (Å²) in [6, 6.07) is 0. The number of aromatic nitrogens is 3. The molecule has 0 amide bonds. The molecule has 0 aliphatic heterocycles. The molecule has 2 N–H and O–H groups in total. The van der Waals surface area contributed by atoms with Crippen LogP contribution in [0.1, 0.15) is 23.8 Å². The van der Waals surface area contributed by atoms with Crippen LogP contribution in [-0.2, 0) is 6.54 Å². The van der Waals surface area contributed by atoms with E-state index in [2.05, 4.69) is 10.3 Å². The molecule has 1 rings (SSSR count). The number of aromatic carboxylic acids is 1. The molecule has 0 radical (unpaired) electrons. The Hall–Kier alpha value is -1.43. The predicted octanol–water partition coefficient (Wildman–Crippen LogP) is -0.253. The topological polar surface area (TPSA) is 88.2 Å². The smallest absolute Gasteiger partial charge is 0.358 e. The monoisotopic (exact) mass is 185 g/mol. The van der Waals surface area contributed by atoms with Gasteiger partial charge < -0.3 is 10.2 Å². The first-order valence-corrected chi connectivity index (χ1v) is 3.95. The second kappa shape index (κ2) is 3.99. The molecule has 72 valence electrons. The Kier molecular flexibility index (Phi) is 2.97. The quantitative estimate of drug-likeness (QED) is 0.675. The van der Waals surface area contributed by atoms with Crippen LogP contribution in [0.2, 0.25) is 0 Å². The summed E-state index contributed by atoms with van der Waals surface area (Å²) in [4.78, 5) is 10.4. The molecule has 1 aromatic rings. The van der Waals surface area contributed by atoms with Crippen molar-refractivity contribution in [3.8, 4) is 0 Å². The van der Waals surface area contributed by atoms with E-state index < -0.39 is 12.1 Å². The lowest BCUT2D eigenvalue weighted by molar-refractivity contribution is 0.0690. The van der Waals surface area contributed by atoms with Crippen LogP contribution in [0.4, 0.5) is 0 Å². The molecule has 0 aliphatic carbocycles. The lowest BCUT2D eigenvalue weighted by Crippen LogP contribution is -2.15. The van der Waals surface area contributed by atoms with Gasteiger partial charge in [0.1, 0.15) is 0 Å². The van der Waals surface area contributed by atoms with Crippen LogP contribution >= 0.6 is 0 Å². The first-order chi connectivity index (χ1) is 6.13. The summed E-state index contributed by atoms with van der Waals surface area (Å²) in [5.41, 5.74) is -0.108. The number of aliphatic hydroxyl groups excluding tert-OH is 1. The SMILES string of the molecule is CC[C@H](O)Cn1cc(C(=O)O)nn1. The second-order valence-electron chi connectivity index (χ2n) is 2.69. The summed E-state index contributed by atoms with van der Waals surface area (Å²) in [7, 11) is 0. The summed E-state index contributed by atoms with van der Waals surface area (Å²) in [6.07, 6.45) is 1.38. The van der Waals surface area contributed by atoms with Gasteiger partial charge in [0.15, 0.2) is 5.69 Å². The molecule has 0 aliphatic rings. The molecule has 1 aromatic heterocycles. The molecular formula is C7H11N3O3. The molecule has 6 nitrogen and oxygen atoms in total. The molecule has 0 aromatic carbocycles. The van der Waals surface area contributed by atoms with Crippen LogP contribution in [0.5, 0.6) is 0 Å². The summed E-state index contributed by atoms with van der Waals surface area (Å²) in [6.45, 7) is 2.11. The highest BCUT2D eigenvalue weighted by Crippen LogP contribution is 1.97. The Labute approximate surface area is 74.8 Å². The number of aliphatic hydroxyl groups is 1. The number of carboxylic acids is 1. The summed E-state index contributed by atoms with van der Waals surface area (Å²) < 4.78 is 1.32. The van der Waals surface area contributed by atoms with Crippen molar-refractivity contribution < 1.29 is 15.0 Å². The maximum Gasteiger partial charge on any atom is 0.358 e. The first kappa shape index (κ1) is 9.66. The molecule has 0 saturated carbocycles. The zero-order valence-corrected chi connectivity index (χ0v) is 7.21. The minimum absolute atomic E-state index is 0.108. The van der Waals surface area contributed by atoms with Gasteiger partial charge in [-0.05, 0) is 6.42 Å². The van der Waals surface area contributed by atoms with E-state index in [0.29, 0.717) is 6.42 Å². The van der Waals surface area contributed by atoms with Gasteiger partial charge in [0, 0.05) is 0 Å². The number of rotatable bonds is 4.